The quantitative estimate of drug-likeness (QED) is 0.629. The largest absolute Gasteiger partial charge is 0.493 e. The van der Waals surface area contributed by atoms with Crippen LogP contribution < -0.4 is 20.0 Å². The van der Waals surface area contributed by atoms with Crippen LogP contribution in [0.25, 0.3) is 17.2 Å². The van der Waals surface area contributed by atoms with Gasteiger partial charge in [-0.05, 0) is 41.5 Å². The predicted octanol–water partition coefficient (Wildman–Crippen LogP) is 3.54. The first-order valence-electron chi connectivity index (χ1n) is 9.09. The highest BCUT2D eigenvalue weighted by Gasteiger charge is 2.33. The Hall–Kier alpha value is -3.48. The number of ether oxygens (including phenoxy) is 3. The molecule has 0 saturated carbocycles. The Morgan fingerprint density at radius 3 is 2.24 bits per heavy atom. The molecular weight excluding hydrogens is 374 g/mol. The van der Waals surface area contributed by atoms with Crippen molar-refractivity contribution in [3.63, 3.8) is 0 Å². The van der Waals surface area contributed by atoms with Crippen LogP contribution >= 0.6 is 0 Å². The van der Waals surface area contributed by atoms with Crippen molar-refractivity contribution in [2.45, 2.75) is 12.8 Å². The lowest BCUT2D eigenvalue weighted by Crippen LogP contribution is -2.08. The number of rotatable bonds is 4. The summed E-state index contributed by atoms with van der Waals surface area (Å²) in [7, 11) is 6.29. The summed E-state index contributed by atoms with van der Waals surface area (Å²) in [5.41, 5.74) is 3.91. The third kappa shape index (κ3) is 2.81. The molecule has 1 atom stereocenters. The Balaban J connectivity index is 1.84. The molecule has 0 bridgehead atoms. The maximum Gasteiger partial charge on any atom is 0.419 e. The van der Waals surface area contributed by atoms with Gasteiger partial charge < -0.3 is 18.6 Å². The molecule has 1 heterocycles. The Bertz CT molecular complexity index is 1210. The predicted molar refractivity (Wildman–Crippen MR) is 108 cm³/mol. The van der Waals surface area contributed by atoms with Crippen LogP contribution in [-0.4, -0.2) is 31.7 Å². The molecule has 1 aromatic heterocycles. The first kappa shape index (κ1) is 18.9. The van der Waals surface area contributed by atoms with E-state index in [0.717, 1.165) is 11.1 Å². The molecule has 0 amide bonds. The Labute approximate surface area is 167 Å². The number of carbonyl (C=O) groups is 1. The van der Waals surface area contributed by atoms with E-state index in [2.05, 4.69) is 0 Å². The molecule has 1 unspecified atom stereocenters. The number of hydrogen-bond acceptors (Lipinski definition) is 6. The normalized spacial score (nSPS) is 17.1. The van der Waals surface area contributed by atoms with Gasteiger partial charge in [0.2, 0.25) is 5.75 Å². The van der Waals surface area contributed by atoms with Crippen LogP contribution in [0.3, 0.4) is 0 Å². The molecule has 0 radical (unpaired) electrons. The van der Waals surface area contributed by atoms with Gasteiger partial charge in [-0.1, -0.05) is 6.92 Å². The number of Topliss-reactive ketones (excluding diaryl/α,β-unsaturated/α-hetero) is 1. The average molecular weight is 395 g/mol. The molecule has 3 aromatic rings. The minimum Gasteiger partial charge on any atom is -0.493 e. The fourth-order valence-corrected chi connectivity index (χ4v) is 3.82. The highest BCUT2D eigenvalue weighted by Crippen LogP contribution is 2.42. The minimum atomic E-state index is -0.447. The van der Waals surface area contributed by atoms with Gasteiger partial charge in [0.25, 0.3) is 0 Å². The van der Waals surface area contributed by atoms with Crippen LogP contribution in [0.4, 0.5) is 0 Å². The molecule has 0 fully saturated rings. The van der Waals surface area contributed by atoms with Crippen molar-refractivity contribution in [3.05, 3.63) is 57.1 Å². The van der Waals surface area contributed by atoms with Crippen molar-refractivity contribution in [2.24, 2.45) is 7.05 Å². The number of fused-ring (bicyclic) bond motifs is 2. The summed E-state index contributed by atoms with van der Waals surface area (Å²) in [6.07, 6.45) is 1.83. The molecule has 1 aliphatic carbocycles. The number of methoxy groups -OCH3 is 3. The molecule has 0 saturated heterocycles. The maximum atomic E-state index is 13.1. The van der Waals surface area contributed by atoms with E-state index in [1.165, 1.54) is 4.57 Å². The lowest BCUT2D eigenvalue weighted by atomic mass is 9.97. The molecule has 1 aliphatic rings. The Kier molecular flexibility index (Phi) is 4.45. The number of carbonyl (C=O) groups excluding carboxylic acids is 1. The zero-order chi connectivity index (χ0) is 20.9. The summed E-state index contributed by atoms with van der Waals surface area (Å²) >= 11 is 0. The number of allylic oxidation sites excluding steroid dienone is 1. The highest BCUT2D eigenvalue weighted by atomic mass is 16.5. The lowest BCUT2D eigenvalue weighted by molar-refractivity contribution is 0.103. The van der Waals surface area contributed by atoms with E-state index >= 15 is 0 Å². The van der Waals surface area contributed by atoms with E-state index in [9.17, 15) is 9.59 Å². The number of ketones is 1. The summed E-state index contributed by atoms with van der Waals surface area (Å²) in [5.74, 6) is 0.855. The number of aromatic nitrogens is 1. The topological polar surface area (TPSA) is 79.9 Å². The van der Waals surface area contributed by atoms with Crippen LogP contribution in [-0.2, 0) is 7.05 Å². The van der Waals surface area contributed by atoms with Crippen molar-refractivity contribution in [1.29, 1.82) is 0 Å². The van der Waals surface area contributed by atoms with Crippen LogP contribution in [0.15, 0.2) is 39.1 Å². The standard InChI is InChI=1S/C22H21NO6/c1-11-13-9-16-17(29-22(25)23(16)2)10-15(13)20(24)14(11)6-12-7-18(26-3)21(28-5)19(8-12)27-4/h6-11H,1-5H3. The van der Waals surface area contributed by atoms with Crippen molar-refractivity contribution < 1.29 is 23.4 Å². The van der Waals surface area contributed by atoms with E-state index < -0.39 is 5.76 Å². The highest BCUT2D eigenvalue weighted by molar-refractivity contribution is 6.17. The molecule has 0 spiro atoms. The first-order valence-corrected chi connectivity index (χ1v) is 9.09. The van der Waals surface area contributed by atoms with Crippen molar-refractivity contribution >= 4 is 23.0 Å². The van der Waals surface area contributed by atoms with Crippen LogP contribution in [0.1, 0.15) is 34.3 Å². The average Bonchev–Trinajstić information content (AvgIpc) is 3.13. The Morgan fingerprint density at radius 2 is 1.66 bits per heavy atom. The van der Waals surface area contributed by atoms with E-state index in [0.29, 0.717) is 39.5 Å². The second kappa shape index (κ2) is 6.84. The molecule has 0 aliphatic heterocycles. The molecule has 0 N–H and O–H groups in total. The van der Waals surface area contributed by atoms with E-state index in [4.69, 9.17) is 18.6 Å². The van der Waals surface area contributed by atoms with Gasteiger partial charge in [0.1, 0.15) is 0 Å². The molecule has 7 nitrogen and oxygen atoms in total. The Morgan fingerprint density at radius 1 is 1.00 bits per heavy atom. The van der Waals surface area contributed by atoms with Gasteiger partial charge in [-0.3, -0.25) is 9.36 Å². The number of nitrogens with zero attached hydrogens (tertiary/aromatic N) is 1. The summed E-state index contributed by atoms with van der Waals surface area (Å²) in [6, 6.07) is 7.11. The van der Waals surface area contributed by atoms with Gasteiger partial charge >= 0.3 is 5.76 Å². The van der Waals surface area contributed by atoms with Gasteiger partial charge in [-0.2, -0.15) is 0 Å². The number of aryl methyl sites for hydroxylation is 1. The molecule has 2 aromatic carbocycles. The lowest BCUT2D eigenvalue weighted by Gasteiger charge is -2.13. The van der Waals surface area contributed by atoms with E-state index in [1.807, 2.05) is 19.1 Å². The number of benzene rings is 2. The van der Waals surface area contributed by atoms with Gasteiger partial charge in [0, 0.05) is 24.1 Å². The van der Waals surface area contributed by atoms with Crippen LogP contribution in [0.5, 0.6) is 17.2 Å². The third-order valence-electron chi connectivity index (χ3n) is 5.41. The van der Waals surface area contributed by atoms with Gasteiger partial charge in [-0.15, -0.1) is 0 Å². The third-order valence-corrected chi connectivity index (χ3v) is 5.41. The first-order chi connectivity index (χ1) is 13.9. The fourth-order valence-electron chi connectivity index (χ4n) is 3.82. The van der Waals surface area contributed by atoms with Crippen molar-refractivity contribution in [3.8, 4) is 17.2 Å². The van der Waals surface area contributed by atoms with Gasteiger partial charge in [0.05, 0.1) is 26.8 Å². The SMILES string of the molecule is COc1cc(C=C2C(=O)c3cc4oc(=O)n(C)c4cc3C2C)cc(OC)c1OC. The zero-order valence-electron chi connectivity index (χ0n) is 16.9. The molecular formula is C22H21NO6. The van der Waals surface area contributed by atoms with E-state index in [1.54, 1.807) is 46.6 Å². The van der Waals surface area contributed by atoms with Crippen molar-refractivity contribution in [2.75, 3.05) is 21.3 Å². The number of oxazole rings is 1. The second-order valence-corrected chi connectivity index (χ2v) is 6.94. The van der Waals surface area contributed by atoms with E-state index in [-0.39, 0.29) is 11.7 Å². The van der Waals surface area contributed by atoms with Crippen LogP contribution in [0, 0.1) is 0 Å². The van der Waals surface area contributed by atoms with Crippen LogP contribution in [0.2, 0.25) is 0 Å². The summed E-state index contributed by atoms with van der Waals surface area (Å²) in [4.78, 5) is 24.9. The molecule has 29 heavy (non-hydrogen) atoms. The molecule has 4 rings (SSSR count). The monoisotopic (exact) mass is 395 g/mol. The van der Waals surface area contributed by atoms with Gasteiger partial charge in [0.15, 0.2) is 22.9 Å². The smallest absolute Gasteiger partial charge is 0.419 e. The molecule has 150 valence electrons. The zero-order valence-corrected chi connectivity index (χ0v) is 16.9. The second-order valence-electron chi connectivity index (χ2n) is 6.94. The summed E-state index contributed by atoms with van der Waals surface area (Å²) < 4.78 is 22.8. The number of hydrogen-bond donors (Lipinski definition) is 0. The molecule has 7 heteroatoms. The fraction of sp³-hybridized carbons (Fsp3) is 0.273. The minimum absolute atomic E-state index is 0.0883. The summed E-state index contributed by atoms with van der Waals surface area (Å²) in [5, 5.41) is 0. The maximum absolute atomic E-state index is 13.1. The van der Waals surface area contributed by atoms with Crippen molar-refractivity contribution in [1.82, 2.24) is 4.57 Å². The van der Waals surface area contributed by atoms with Gasteiger partial charge in [-0.25, -0.2) is 4.79 Å². The summed E-state index contributed by atoms with van der Waals surface area (Å²) in [6.45, 7) is 1.97.